The molecule has 0 aliphatic heterocycles. The van der Waals surface area contributed by atoms with E-state index in [1.54, 1.807) is 18.0 Å². The molecule has 0 saturated carbocycles. The van der Waals surface area contributed by atoms with Crippen molar-refractivity contribution in [3.8, 4) is 0 Å². The highest BCUT2D eigenvalue weighted by molar-refractivity contribution is 7.99. The van der Waals surface area contributed by atoms with Gasteiger partial charge in [-0.1, -0.05) is 41.6 Å². The molecule has 0 fully saturated rings. The molecule has 0 spiro atoms. The number of halogens is 1. The van der Waals surface area contributed by atoms with E-state index in [2.05, 4.69) is 10.2 Å². The largest absolute Gasteiger partial charge is 0.270 e. The fourth-order valence-corrected chi connectivity index (χ4v) is 1.92. The van der Waals surface area contributed by atoms with Crippen LogP contribution >= 0.6 is 23.4 Å². The molecule has 0 aliphatic rings. The van der Waals surface area contributed by atoms with Gasteiger partial charge in [-0.2, -0.15) is 5.10 Å². The van der Waals surface area contributed by atoms with Crippen LogP contribution in [0.5, 0.6) is 0 Å². The van der Waals surface area contributed by atoms with E-state index in [1.165, 1.54) is 0 Å². The van der Waals surface area contributed by atoms with E-state index >= 15 is 0 Å². The summed E-state index contributed by atoms with van der Waals surface area (Å²) in [5.41, 5.74) is 0. The third kappa shape index (κ3) is 2.05. The van der Waals surface area contributed by atoms with Crippen molar-refractivity contribution in [2.24, 2.45) is 0 Å². The molecule has 0 aliphatic carbocycles. The molecule has 0 amide bonds. The predicted octanol–water partition coefficient (Wildman–Crippen LogP) is 3.21. The molecule has 66 valence electrons. The lowest BCUT2D eigenvalue weighted by Crippen LogP contribution is -1.73. The van der Waals surface area contributed by atoms with Gasteiger partial charge in [0.2, 0.25) is 0 Å². The molecule has 1 aromatic carbocycles. The number of H-pyrrole nitrogens is 1. The summed E-state index contributed by atoms with van der Waals surface area (Å²) < 4.78 is 0. The Morgan fingerprint density at radius 2 is 2.00 bits per heavy atom. The minimum Gasteiger partial charge on any atom is -0.270 e. The maximum absolute atomic E-state index is 5.88. The van der Waals surface area contributed by atoms with E-state index in [0.29, 0.717) is 5.02 Å². The van der Waals surface area contributed by atoms with Crippen LogP contribution in [0.3, 0.4) is 0 Å². The van der Waals surface area contributed by atoms with Crippen LogP contribution in [0, 0.1) is 0 Å². The summed E-state index contributed by atoms with van der Waals surface area (Å²) in [6, 6.07) is 10.0. The van der Waals surface area contributed by atoms with Crippen molar-refractivity contribution >= 4 is 23.4 Å². The van der Waals surface area contributed by atoms with Crippen LogP contribution in [0.4, 0.5) is 0 Å². The lowest BCUT2D eigenvalue weighted by Gasteiger charge is -1.97. The maximum atomic E-state index is 5.88. The van der Waals surface area contributed by atoms with Crippen LogP contribution in [0.15, 0.2) is 46.5 Å². The van der Waals surface area contributed by atoms with E-state index in [0.717, 1.165) is 9.92 Å². The Bertz CT molecular complexity index is 386. The van der Waals surface area contributed by atoms with E-state index in [-0.39, 0.29) is 0 Å². The van der Waals surface area contributed by atoms with Crippen molar-refractivity contribution in [3.05, 3.63) is 41.6 Å². The van der Waals surface area contributed by atoms with Gasteiger partial charge in [0, 0.05) is 4.90 Å². The first-order valence-corrected chi connectivity index (χ1v) is 4.97. The molecule has 1 heterocycles. The van der Waals surface area contributed by atoms with Crippen molar-refractivity contribution < 1.29 is 0 Å². The number of aromatic amines is 1. The molecule has 0 unspecified atom stereocenters. The molecule has 4 heteroatoms. The van der Waals surface area contributed by atoms with Crippen LogP contribution < -0.4 is 0 Å². The maximum Gasteiger partial charge on any atom is 0.114 e. The quantitative estimate of drug-likeness (QED) is 0.825. The average Bonchev–Trinajstić information content (AvgIpc) is 2.54. The monoisotopic (exact) mass is 210 g/mol. The third-order valence-electron chi connectivity index (χ3n) is 1.52. The van der Waals surface area contributed by atoms with Crippen molar-refractivity contribution in [2.45, 2.75) is 9.92 Å². The minimum atomic E-state index is 0.661. The first-order valence-electron chi connectivity index (χ1n) is 3.78. The molecule has 0 bridgehead atoms. The van der Waals surface area contributed by atoms with Gasteiger partial charge in [0.1, 0.15) is 5.03 Å². The fourth-order valence-electron chi connectivity index (χ4n) is 0.938. The zero-order valence-corrected chi connectivity index (χ0v) is 8.27. The summed E-state index contributed by atoms with van der Waals surface area (Å²) >= 11 is 7.45. The second-order valence-corrected chi connectivity index (χ2v) is 3.95. The first kappa shape index (κ1) is 8.66. The highest BCUT2D eigenvalue weighted by atomic mass is 35.5. The minimum absolute atomic E-state index is 0.661. The highest BCUT2D eigenvalue weighted by Crippen LogP contribution is 2.30. The summed E-state index contributed by atoms with van der Waals surface area (Å²) in [6.07, 6.45) is 1.60. The standard InChI is InChI=1S/C9H7ClN2S/c10-8-6-11-12-9(8)13-7-4-2-1-3-5-7/h1-6H,(H,11,12). The molecule has 13 heavy (non-hydrogen) atoms. The van der Waals surface area contributed by atoms with Crippen molar-refractivity contribution in [2.75, 3.05) is 0 Å². The lowest BCUT2D eigenvalue weighted by molar-refractivity contribution is 1.00. The van der Waals surface area contributed by atoms with Gasteiger partial charge in [-0.3, -0.25) is 5.10 Å². The van der Waals surface area contributed by atoms with Crippen LogP contribution in [0.2, 0.25) is 5.02 Å². The number of hydrogen-bond acceptors (Lipinski definition) is 2. The van der Waals surface area contributed by atoms with Gasteiger partial charge in [-0.05, 0) is 12.1 Å². The van der Waals surface area contributed by atoms with E-state index in [4.69, 9.17) is 11.6 Å². The van der Waals surface area contributed by atoms with Gasteiger partial charge < -0.3 is 0 Å². The summed E-state index contributed by atoms with van der Waals surface area (Å²) in [5, 5.41) is 8.22. The van der Waals surface area contributed by atoms with Gasteiger partial charge >= 0.3 is 0 Å². The van der Waals surface area contributed by atoms with Gasteiger partial charge in [-0.25, -0.2) is 0 Å². The van der Waals surface area contributed by atoms with E-state index < -0.39 is 0 Å². The summed E-state index contributed by atoms with van der Waals surface area (Å²) in [5.74, 6) is 0. The van der Waals surface area contributed by atoms with Gasteiger partial charge in [0.25, 0.3) is 0 Å². The smallest absolute Gasteiger partial charge is 0.114 e. The molecule has 1 N–H and O–H groups in total. The van der Waals surface area contributed by atoms with Gasteiger partial charge in [-0.15, -0.1) is 0 Å². The summed E-state index contributed by atoms with van der Waals surface area (Å²) in [7, 11) is 0. The molecular weight excluding hydrogens is 204 g/mol. The fraction of sp³-hybridized carbons (Fsp3) is 0. The topological polar surface area (TPSA) is 28.7 Å². The Kier molecular flexibility index (Phi) is 2.57. The first-order chi connectivity index (χ1) is 6.36. The molecule has 2 nitrogen and oxygen atoms in total. The summed E-state index contributed by atoms with van der Waals surface area (Å²) in [4.78, 5) is 1.15. The number of hydrogen-bond donors (Lipinski definition) is 1. The van der Waals surface area contributed by atoms with Gasteiger partial charge in [0.15, 0.2) is 0 Å². The molecule has 0 saturated heterocycles. The van der Waals surface area contributed by atoms with Crippen molar-refractivity contribution in [1.29, 1.82) is 0 Å². The number of nitrogens with zero attached hydrogens (tertiary/aromatic N) is 1. The molecule has 2 aromatic rings. The van der Waals surface area contributed by atoms with Crippen molar-refractivity contribution in [3.63, 3.8) is 0 Å². The molecule has 1 aromatic heterocycles. The van der Waals surface area contributed by atoms with E-state index in [1.807, 2.05) is 30.3 Å². The average molecular weight is 211 g/mol. The number of rotatable bonds is 2. The van der Waals surface area contributed by atoms with Crippen molar-refractivity contribution in [1.82, 2.24) is 10.2 Å². The van der Waals surface area contributed by atoms with Gasteiger partial charge in [0.05, 0.1) is 11.2 Å². The highest BCUT2D eigenvalue weighted by Gasteiger charge is 2.03. The Morgan fingerprint density at radius 3 is 2.62 bits per heavy atom. The summed E-state index contributed by atoms with van der Waals surface area (Å²) in [6.45, 7) is 0. The predicted molar refractivity (Wildman–Crippen MR) is 54.2 cm³/mol. The Labute approximate surface area is 85.3 Å². The Morgan fingerprint density at radius 1 is 1.23 bits per heavy atom. The third-order valence-corrected chi connectivity index (χ3v) is 2.95. The van der Waals surface area contributed by atoms with Crippen LogP contribution in [0.25, 0.3) is 0 Å². The zero-order chi connectivity index (χ0) is 9.10. The molecule has 0 radical (unpaired) electrons. The zero-order valence-electron chi connectivity index (χ0n) is 6.70. The van der Waals surface area contributed by atoms with E-state index in [9.17, 15) is 0 Å². The lowest BCUT2D eigenvalue weighted by atomic mass is 10.4. The van der Waals surface area contributed by atoms with Crippen LogP contribution in [0.1, 0.15) is 0 Å². The second kappa shape index (κ2) is 3.85. The number of nitrogens with one attached hydrogen (secondary N) is 1. The van der Waals surface area contributed by atoms with Crippen LogP contribution in [-0.2, 0) is 0 Å². The number of aromatic nitrogens is 2. The second-order valence-electron chi connectivity index (χ2n) is 2.46. The molecule has 0 atom stereocenters. The Hall–Kier alpha value is -0.930. The SMILES string of the molecule is Clc1cn[nH]c1Sc1ccccc1. The number of benzene rings is 1. The normalized spacial score (nSPS) is 10.2. The molecular formula is C9H7ClN2S. The van der Waals surface area contributed by atoms with Crippen LogP contribution in [-0.4, -0.2) is 10.2 Å². The molecule has 2 rings (SSSR count). The Balaban J connectivity index is 2.20.